The summed E-state index contributed by atoms with van der Waals surface area (Å²) < 4.78 is 4.52. The Kier molecular flexibility index (Phi) is 4.12. The van der Waals surface area contributed by atoms with Gasteiger partial charge in [-0.1, -0.05) is 23.7 Å². The van der Waals surface area contributed by atoms with Gasteiger partial charge in [-0.15, -0.1) is 0 Å². The van der Waals surface area contributed by atoms with Crippen molar-refractivity contribution >= 4 is 29.2 Å². The van der Waals surface area contributed by atoms with Gasteiger partial charge in [-0.05, 0) is 12.1 Å². The highest BCUT2D eigenvalue weighted by Gasteiger charge is 2.06. The highest BCUT2D eigenvalue weighted by Crippen LogP contribution is 2.19. The Labute approximate surface area is 92.2 Å². The van der Waals surface area contributed by atoms with Gasteiger partial charge < -0.3 is 10.1 Å². The molecule has 1 N–H and O–H groups in total. The summed E-state index contributed by atoms with van der Waals surface area (Å²) in [6, 6.07) is 6.81. The van der Waals surface area contributed by atoms with Crippen molar-refractivity contribution in [2.75, 3.05) is 11.9 Å². The topological polar surface area (TPSA) is 55.4 Å². The molecule has 0 aliphatic heterocycles. The second kappa shape index (κ2) is 5.36. The van der Waals surface area contributed by atoms with Crippen molar-refractivity contribution in [1.82, 2.24) is 0 Å². The molecule has 0 saturated heterocycles. The molecule has 0 bridgehead atoms. The van der Waals surface area contributed by atoms with Crippen molar-refractivity contribution in [1.29, 1.82) is 0 Å². The van der Waals surface area contributed by atoms with Gasteiger partial charge in [-0.25, -0.2) is 0 Å². The van der Waals surface area contributed by atoms with Crippen LogP contribution in [0.25, 0.3) is 0 Å². The number of carbonyl (C=O) groups excluding carboxylic acids is 2. The number of nitrogens with one attached hydrogen (secondary N) is 1. The maximum atomic E-state index is 11.2. The average Bonchev–Trinajstić information content (AvgIpc) is 2.18. The average molecular weight is 228 g/mol. The van der Waals surface area contributed by atoms with Crippen LogP contribution in [0.4, 0.5) is 5.69 Å². The molecule has 0 atom stereocenters. The quantitative estimate of drug-likeness (QED) is 0.802. The fraction of sp³-hybridized carbons (Fsp3) is 0.200. The lowest BCUT2D eigenvalue weighted by atomic mass is 10.3. The molecule has 80 valence electrons. The first-order valence-electron chi connectivity index (χ1n) is 4.27. The standard InChI is InChI=1S/C10H10ClNO3/c1-7(13)15-6-10(14)12-9-5-3-2-4-8(9)11/h2-5H,6H2,1H3,(H,12,14). The highest BCUT2D eigenvalue weighted by molar-refractivity contribution is 6.33. The van der Waals surface area contributed by atoms with Crippen LogP contribution in [0.1, 0.15) is 6.92 Å². The molecule has 0 fully saturated rings. The van der Waals surface area contributed by atoms with Gasteiger partial charge in [0, 0.05) is 6.92 Å². The number of amides is 1. The molecule has 0 heterocycles. The summed E-state index contributed by atoms with van der Waals surface area (Å²) in [4.78, 5) is 21.7. The summed E-state index contributed by atoms with van der Waals surface area (Å²) in [5.74, 6) is -0.914. The Morgan fingerprint density at radius 2 is 2.07 bits per heavy atom. The lowest BCUT2D eigenvalue weighted by Crippen LogP contribution is -2.19. The fourth-order valence-electron chi connectivity index (χ4n) is 0.916. The van der Waals surface area contributed by atoms with Gasteiger partial charge in [0.2, 0.25) is 0 Å². The van der Waals surface area contributed by atoms with Gasteiger partial charge in [0.25, 0.3) is 5.91 Å². The number of para-hydroxylation sites is 1. The molecular formula is C10H10ClNO3. The van der Waals surface area contributed by atoms with Crippen LogP contribution in [0.3, 0.4) is 0 Å². The van der Waals surface area contributed by atoms with E-state index in [-0.39, 0.29) is 6.61 Å². The number of halogens is 1. The third-order valence-electron chi connectivity index (χ3n) is 1.55. The largest absolute Gasteiger partial charge is 0.456 e. The van der Waals surface area contributed by atoms with Crippen molar-refractivity contribution in [3.63, 3.8) is 0 Å². The van der Waals surface area contributed by atoms with E-state index in [0.717, 1.165) is 0 Å². The third-order valence-corrected chi connectivity index (χ3v) is 1.88. The molecule has 0 spiro atoms. The van der Waals surface area contributed by atoms with Gasteiger partial charge in [0.15, 0.2) is 6.61 Å². The van der Waals surface area contributed by atoms with Gasteiger partial charge in [0.05, 0.1) is 10.7 Å². The molecule has 1 rings (SSSR count). The Bertz CT molecular complexity index is 379. The third kappa shape index (κ3) is 3.99. The van der Waals surface area contributed by atoms with E-state index in [1.165, 1.54) is 6.92 Å². The monoisotopic (exact) mass is 227 g/mol. The molecule has 5 heteroatoms. The van der Waals surface area contributed by atoms with Crippen molar-refractivity contribution in [2.24, 2.45) is 0 Å². The van der Waals surface area contributed by atoms with Crippen LogP contribution in [-0.2, 0) is 14.3 Å². The van der Waals surface area contributed by atoms with E-state index >= 15 is 0 Å². The van der Waals surface area contributed by atoms with Crippen LogP contribution in [0.5, 0.6) is 0 Å². The van der Waals surface area contributed by atoms with E-state index in [1.807, 2.05) is 0 Å². The molecule has 0 aliphatic rings. The molecule has 0 unspecified atom stereocenters. The Balaban J connectivity index is 2.52. The number of ether oxygens (including phenoxy) is 1. The first kappa shape index (κ1) is 11.5. The second-order valence-corrected chi connectivity index (χ2v) is 3.22. The molecule has 1 aromatic carbocycles. The van der Waals surface area contributed by atoms with Crippen LogP contribution in [0.2, 0.25) is 5.02 Å². The Hall–Kier alpha value is -1.55. The summed E-state index contributed by atoms with van der Waals surface area (Å²) in [6.45, 7) is 0.934. The first-order chi connectivity index (χ1) is 7.09. The Morgan fingerprint density at radius 1 is 1.40 bits per heavy atom. The smallest absolute Gasteiger partial charge is 0.303 e. The van der Waals surface area contributed by atoms with Crippen LogP contribution in [0, 0.1) is 0 Å². The molecular weight excluding hydrogens is 218 g/mol. The molecule has 0 aliphatic carbocycles. The molecule has 1 aromatic rings. The number of hydrogen-bond acceptors (Lipinski definition) is 3. The zero-order valence-corrected chi connectivity index (χ0v) is 8.88. The minimum absolute atomic E-state index is 0.305. The molecule has 0 radical (unpaired) electrons. The van der Waals surface area contributed by atoms with Crippen LogP contribution >= 0.6 is 11.6 Å². The zero-order chi connectivity index (χ0) is 11.3. The number of benzene rings is 1. The van der Waals surface area contributed by atoms with E-state index < -0.39 is 11.9 Å². The van der Waals surface area contributed by atoms with Crippen molar-refractivity contribution in [2.45, 2.75) is 6.92 Å². The Morgan fingerprint density at radius 3 is 2.67 bits per heavy atom. The van der Waals surface area contributed by atoms with Gasteiger partial charge in [-0.3, -0.25) is 9.59 Å². The van der Waals surface area contributed by atoms with Crippen molar-refractivity contribution in [3.05, 3.63) is 29.3 Å². The van der Waals surface area contributed by atoms with Gasteiger partial charge >= 0.3 is 5.97 Å². The zero-order valence-electron chi connectivity index (χ0n) is 8.12. The summed E-state index contributed by atoms with van der Waals surface area (Å²) >= 11 is 5.81. The predicted octanol–water partition coefficient (Wildman–Crippen LogP) is 1.84. The van der Waals surface area contributed by atoms with E-state index in [1.54, 1.807) is 24.3 Å². The SMILES string of the molecule is CC(=O)OCC(=O)Nc1ccccc1Cl. The number of anilines is 1. The number of rotatable bonds is 3. The lowest BCUT2D eigenvalue weighted by molar-refractivity contribution is -0.144. The highest BCUT2D eigenvalue weighted by atomic mass is 35.5. The number of carbonyl (C=O) groups is 2. The second-order valence-electron chi connectivity index (χ2n) is 2.81. The molecule has 4 nitrogen and oxygen atoms in total. The van der Waals surface area contributed by atoms with Gasteiger partial charge in [-0.2, -0.15) is 0 Å². The van der Waals surface area contributed by atoms with Crippen LogP contribution in [-0.4, -0.2) is 18.5 Å². The van der Waals surface area contributed by atoms with Crippen molar-refractivity contribution < 1.29 is 14.3 Å². The van der Waals surface area contributed by atoms with E-state index in [0.29, 0.717) is 10.7 Å². The van der Waals surface area contributed by atoms with E-state index in [2.05, 4.69) is 10.1 Å². The summed E-state index contributed by atoms with van der Waals surface area (Å²) in [5.41, 5.74) is 0.497. The first-order valence-corrected chi connectivity index (χ1v) is 4.65. The molecule has 0 saturated carbocycles. The van der Waals surface area contributed by atoms with E-state index in [4.69, 9.17) is 11.6 Å². The van der Waals surface area contributed by atoms with E-state index in [9.17, 15) is 9.59 Å². The number of hydrogen-bond donors (Lipinski definition) is 1. The fourth-order valence-corrected chi connectivity index (χ4v) is 1.10. The summed E-state index contributed by atoms with van der Waals surface area (Å²) in [5, 5.41) is 2.96. The van der Waals surface area contributed by atoms with Crippen LogP contribution in [0.15, 0.2) is 24.3 Å². The summed E-state index contributed by atoms with van der Waals surface area (Å²) in [7, 11) is 0. The predicted molar refractivity (Wildman–Crippen MR) is 56.7 cm³/mol. The molecule has 1 amide bonds. The minimum atomic E-state index is -0.496. The normalized spacial score (nSPS) is 9.47. The van der Waals surface area contributed by atoms with Gasteiger partial charge in [0.1, 0.15) is 0 Å². The van der Waals surface area contributed by atoms with Crippen LogP contribution < -0.4 is 5.32 Å². The summed E-state index contributed by atoms with van der Waals surface area (Å²) in [6.07, 6.45) is 0. The maximum absolute atomic E-state index is 11.2. The van der Waals surface area contributed by atoms with Crippen molar-refractivity contribution in [3.8, 4) is 0 Å². The maximum Gasteiger partial charge on any atom is 0.303 e. The molecule has 15 heavy (non-hydrogen) atoms. The molecule has 0 aromatic heterocycles. The minimum Gasteiger partial charge on any atom is -0.456 e. The lowest BCUT2D eigenvalue weighted by Gasteiger charge is -2.06. The number of esters is 1.